The molecule has 0 heterocycles. The van der Waals surface area contributed by atoms with E-state index in [2.05, 4.69) is 37.3 Å². The van der Waals surface area contributed by atoms with Crippen LogP contribution in [0.15, 0.2) is 66.7 Å². The van der Waals surface area contributed by atoms with Gasteiger partial charge in [0.1, 0.15) is 0 Å². The first-order valence-corrected chi connectivity index (χ1v) is 6.29. The first kappa shape index (κ1) is 12.7. The zero-order valence-corrected chi connectivity index (χ0v) is 11.1. The van der Waals surface area contributed by atoms with Crippen LogP contribution in [0.5, 0.6) is 0 Å². The molecule has 2 aromatic carbocycles. The fourth-order valence-corrected chi connectivity index (χ4v) is 1.80. The first-order valence-electron chi connectivity index (χ1n) is 5.92. The third-order valence-corrected chi connectivity index (χ3v) is 2.99. The molecule has 0 saturated heterocycles. The molecule has 0 aliphatic heterocycles. The Labute approximate surface area is 113 Å². The molecule has 0 bridgehead atoms. The van der Waals surface area contributed by atoms with E-state index in [1.165, 1.54) is 16.7 Å². The predicted molar refractivity (Wildman–Crippen MR) is 80.6 cm³/mol. The Bertz CT molecular complexity index is 548. The largest absolute Gasteiger partial charge is 0.0843 e. The van der Waals surface area contributed by atoms with Gasteiger partial charge in [-0.3, -0.25) is 0 Å². The lowest BCUT2D eigenvalue weighted by Gasteiger charge is -2.00. The van der Waals surface area contributed by atoms with Crippen molar-refractivity contribution in [2.24, 2.45) is 0 Å². The third kappa shape index (κ3) is 3.61. The van der Waals surface area contributed by atoms with Gasteiger partial charge < -0.3 is 0 Å². The smallest absolute Gasteiger partial charge is 0.0406 e. The summed E-state index contributed by atoms with van der Waals surface area (Å²) < 4.78 is 0. The van der Waals surface area contributed by atoms with Crippen LogP contribution < -0.4 is 0 Å². The van der Waals surface area contributed by atoms with Crippen LogP contribution in [0.25, 0.3) is 11.6 Å². The molecule has 0 unspecified atom stereocenters. The molecule has 0 aliphatic rings. The van der Waals surface area contributed by atoms with Crippen LogP contribution in [-0.2, 0) is 0 Å². The highest BCUT2D eigenvalue weighted by Crippen LogP contribution is 2.17. The highest BCUT2D eigenvalue weighted by molar-refractivity contribution is 6.30. The molecule has 0 fully saturated rings. The van der Waals surface area contributed by atoms with Crippen molar-refractivity contribution < 1.29 is 0 Å². The minimum atomic E-state index is 0.770. The molecule has 0 aromatic heterocycles. The Morgan fingerprint density at radius 3 is 2.28 bits per heavy atom. The Hall–Kier alpha value is -1.79. The quantitative estimate of drug-likeness (QED) is 0.639. The maximum Gasteiger partial charge on any atom is 0.0406 e. The molecule has 0 N–H and O–H groups in total. The molecule has 0 nitrogen and oxygen atoms in total. The van der Waals surface area contributed by atoms with Gasteiger partial charge in [-0.25, -0.2) is 0 Å². The summed E-state index contributed by atoms with van der Waals surface area (Å²) in [6.07, 6.45) is 6.27. The second kappa shape index (κ2) is 6.23. The van der Waals surface area contributed by atoms with Gasteiger partial charge in [-0.1, -0.05) is 72.3 Å². The Morgan fingerprint density at radius 2 is 1.61 bits per heavy atom. The van der Waals surface area contributed by atoms with Gasteiger partial charge in [0.25, 0.3) is 0 Å². The molecule has 2 rings (SSSR count). The SMILES string of the molecule is C/C(=C\C=C\c1ccccc1)c1ccc(Cl)cc1. The number of halogens is 1. The van der Waals surface area contributed by atoms with E-state index in [4.69, 9.17) is 11.6 Å². The molecular formula is C17H15Cl. The lowest BCUT2D eigenvalue weighted by molar-refractivity contribution is 1.57. The van der Waals surface area contributed by atoms with Crippen LogP contribution in [0, 0.1) is 0 Å². The maximum atomic E-state index is 5.87. The van der Waals surface area contributed by atoms with Crippen molar-refractivity contribution in [2.75, 3.05) is 0 Å². The van der Waals surface area contributed by atoms with E-state index in [0.29, 0.717) is 0 Å². The molecule has 0 amide bonds. The molecular weight excluding hydrogens is 240 g/mol. The lowest BCUT2D eigenvalue weighted by atomic mass is 10.1. The van der Waals surface area contributed by atoms with Gasteiger partial charge in [-0.05, 0) is 35.8 Å². The fourth-order valence-electron chi connectivity index (χ4n) is 1.68. The van der Waals surface area contributed by atoms with Crippen molar-refractivity contribution in [1.82, 2.24) is 0 Å². The molecule has 18 heavy (non-hydrogen) atoms. The van der Waals surface area contributed by atoms with E-state index < -0.39 is 0 Å². The molecule has 0 radical (unpaired) electrons. The van der Waals surface area contributed by atoms with Gasteiger partial charge >= 0.3 is 0 Å². The minimum absolute atomic E-state index is 0.770. The predicted octanol–water partition coefficient (Wildman–Crippen LogP) is 5.46. The van der Waals surface area contributed by atoms with Crippen LogP contribution in [0.2, 0.25) is 5.02 Å². The van der Waals surface area contributed by atoms with Crippen molar-refractivity contribution >= 4 is 23.3 Å². The molecule has 2 aromatic rings. The monoisotopic (exact) mass is 254 g/mol. The summed E-state index contributed by atoms with van der Waals surface area (Å²) in [5, 5.41) is 0.770. The van der Waals surface area contributed by atoms with Crippen LogP contribution >= 0.6 is 11.6 Å². The summed E-state index contributed by atoms with van der Waals surface area (Å²) >= 11 is 5.87. The van der Waals surface area contributed by atoms with Crippen LogP contribution in [0.1, 0.15) is 18.1 Å². The highest BCUT2D eigenvalue weighted by Gasteiger charge is 1.93. The molecule has 90 valence electrons. The Morgan fingerprint density at radius 1 is 0.944 bits per heavy atom. The van der Waals surface area contributed by atoms with Crippen molar-refractivity contribution in [3.05, 3.63) is 82.9 Å². The number of hydrogen-bond donors (Lipinski definition) is 0. The third-order valence-electron chi connectivity index (χ3n) is 2.73. The first-order chi connectivity index (χ1) is 8.75. The maximum absolute atomic E-state index is 5.87. The van der Waals surface area contributed by atoms with Crippen molar-refractivity contribution in [3.8, 4) is 0 Å². The Balaban J connectivity index is 2.10. The van der Waals surface area contributed by atoms with Crippen molar-refractivity contribution in [2.45, 2.75) is 6.92 Å². The van der Waals surface area contributed by atoms with E-state index >= 15 is 0 Å². The molecule has 0 spiro atoms. The minimum Gasteiger partial charge on any atom is -0.0843 e. The van der Waals surface area contributed by atoms with E-state index in [9.17, 15) is 0 Å². The average molecular weight is 255 g/mol. The second-order valence-corrected chi connectivity index (χ2v) is 4.56. The van der Waals surface area contributed by atoms with E-state index in [-0.39, 0.29) is 0 Å². The zero-order valence-electron chi connectivity index (χ0n) is 10.3. The van der Waals surface area contributed by atoms with Crippen LogP contribution in [0.3, 0.4) is 0 Å². The standard InChI is InChI=1S/C17H15Cl/c1-14(16-10-12-17(18)13-11-16)6-5-9-15-7-3-2-4-8-15/h2-13H,1H3/b9-5+,14-6+. The topological polar surface area (TPSA) is 0 Å². The molecule has 0 atom stereocenters. The number of hydrogen-bond acceptors (Lipinski definition) is 0. The summed E-state index contributed by atoms with van der Waals surface area (Å²) in [6.45, 7) is 2.10. The van der Waals surface area contributed by atoms with Crippen LogP contribution in [0.4, 0.5) is 0 Å². The number of rotatable bonds is 3. The van der Waals surface area contributed by atoms with Crippen molar-refractivity contribution in [1.29, 1.82) is 0 Å². The van der Waals surface area contributed by atoms with E-state index in [0.717, 1.165) is 5.02 Å². The fraction of sp³-hybridized carbons (Fsp3) is 0.0588. The van der Waals surface area contributed by atoms with E-state index in [1.807, 2.05) is 42.5 Å². The zero-order chi connectivity index (χ0) is 12.8. The van der Waals surface area contributed by atoms with Gasteiger partial charge in [0.05, 0.1) is 0 Å². The second-order valence-electron chi connectivity index (χ2n) is 4.13. The average Bonchev–Trinajstić information content (AvgIpc) is 2.40. The summed E-state index contributed by atoms with van der Waals surface area (Å²) in [5.41, 5.74) is 3.62. The lowest BCUT2D eigenvalue weighted by Crippen LogP contribution is -1.77. The highest BCUT2D eigenvalue weighted by atomic mass is 35.5. The van der Waals surface area contributed by atoms with Crippen LogP contribution in [-0.4, -0.2) is 0 Å². The van der Waals surface area contributed by atoms with Crippen molar-refractivity contribution in [3.63, 3.8) is 0 Å². The molecule has 0 saturated carbocycles. The summed E-state index contributed by atoms with van der Waals surface area (Å²) in [7, 11) is 0. The number of allylic oxidation sites excluding steroid dienone is 3. The Kier molecular flexibility index (Phi) is 4.38. The van der Waals surface area contributed by atoms with Gasteiger partial charge in [0.15, 0.2) is 0 Å². The molecule has 0 aliphatic carbocycles. The summed E-state index contributed by atoms with van der Waals surface area (Å²) in [4.78, 5) is 0. The summed E-state index contributed by atoms with van der Waals surface area (Å²) in [6, 6.07) is 18.2. The van der Waals surface area contributed by atoms with Gasteiger partial charge in [-0.2, -0.15) is 0 Å². The van der Waals surface area contributed by atoms with Gasteiger partial charge in [0.2, 0.25) is 0 Å². The number of benzene rings is 2. The van der Waals surface area contributed by atoms with Gasteiger partial charge in [0, 0.05) is 5.02 Å². The van der Waals surface area contributed by atoms with E-state index in [1.54, 1.807) is 0 Å². The van der Waals surface area contributed by atoms with Gasteiger partial charge in [-0.15, -0.1) is 0 Å². The summed E-state index contributed by atoms with van der Waals surface area (Å²) in [5.74, 6) is 0. The normalized spacial score (nSPS) is 12.0. The molecule has 1 heteroatoms.